The number of piperazine rings is 1. The van der Waals surface area contributed by atoms with Crippen molar-refractivity contribution >= 4 is 17.1 Å². The molecule has 0 unspecified atom stereocenters. The van der Waals surface area contributed by atoms with E-state index in [2.05, 4.69) is 11.0 Å². The number of para-hydroxylation sites is 1. The topological polar surface area (TPSA) is 56.3 Å². The van der Waals surface area contributed by atoms with Crippen molar-refractivity contribution in [2.24, 2.45) is 0 Å². The fourth-order valence-electron chi connectivity index (χ4n) is 2.81. The van der Waals surface area contributed by atoms with Gasteiger partial charge < -0.3 is 15.5 Å². The van der Waals surface area contributed by atoms with E-state index in [1.165, 1.54) is 6.07 Å². The van der Waals surface area contributed by atoms with Crippen molar-refractivity contribution in [1.29, 1.82) is 5.26 Å². The molecular weight excluding hydrogens is 279 g/mol. The Hall–Kier alpha value is -2.74. The minimum absolute atomic E-state index is 0.186. The Bertz CT molecular complexity index is 715. The molecule has 0 bridgehead atoms. The van der Waals surface area contributed by atoms with Crippen molar-refractivity contribution in [3.63, 3.8) is 0 Å². The molecule has 1 heterocycles. The first-order valence-corrected chi connectivity index (χ1v) is 7.23. The van der Waals surface area contributed by atoms with Crippen LogP contribution in [0, 0.1) is 17.1 Å². The van der Waals surface area contributed by atoms with Crippen molar-refractivity contribution in [2.45, 2.75) is 0 Å². The third-order valence-corrected chi connectivity index (χ3v) is 3.97. The normalized spacial score (nSPS) is 14.7. The van der Waals surface area contributed by atoms with E-state index in [0.717, 1.165) is 31.9 Å². The molecule has 0 amide bonds. The van der Waals surface area contributed by atoms with E-state index in [-0.39, 0.29) is 5.82 Å². The van der Waals surface area contributed by atoms with Crippen LogP contribution in [0.15, 0.2) is 42.5 Å². The van der Waals surface area contributed by atoms with Gasteiger partial charge in [-0.3, -0.25) is 0 Å². The van der Waals surface area contributed by atoms with Gasteiger partial charge in [-0.05, 0) is 30.3 Å². The molecule has 0 aromatic heterocycles. The summed E-state index contributed by atoms with van der Waals surface area (Å²) >= 11 is 0. The maximum absolute atomic E-state index is 13.8. The summed E-state index contributed by atoms with van der Waals surface area (Å²) in [6.45, 7) is 3.01. The number of benzene rings is 2. The van der Waals surface area contributed by atoms with Gasteiger partial charge in [-0.2, -0.15) is 5.26 Å². The molecule has 0 spiro atoms. The maximum Gasteiger partial charge on any atom is 0.146 e. The molecule has 0 radical (unpaired) electrons. The second-order valence-corrected chi connectivity index (χ2v) is 5.31. The third-order valence-electron chi connectivity index (χ3n) is 3.97. The number of nitrogen functional groups attached to an aromatic ring is 1. The molecule has 1 saturated heterocycles. The zero-order valence-electron chi connectivity index (χ0n) is 12.2. The van der Waals surface area contributed by atoms with Crippen molar-refractivity contribution in [3.05, 3.63) is 53.8 Å². The van der Waals surface area contributed by atoms with Gasteiger partial charge in [0.05, 0.1) is 28.7 Å². The molecule has 3 rings (SSSR count). The zero-order chi connectivity index (χ0) is 15.5. The van der Waals surface area contributed by atoms with E-state index in [0.29, 0.717) is 16.9 Å². The minimum atomic E-state index is -0.186. The highest BCUT2D eigenvalue weighted by atomic mass is 19.1. The van der Waals surface area contributed by atoms with Gasteiger partial charge in [0.2, 0.25) is 0 Å². The Kier molecular flexibility index (Phi) is 3.84. The lowest BCUT2D eigenvalue weighted by Gasteiger charge is -2.37. The van der Waals surface area contributed by atoms with E-state index in [1.54, 1.807) is 24.3 Å². The van der Waals surface area contributed by atoms with Gasteiger partial charge >= 0.3 is 0 Å². The van der Waals surface area contributed by atoms with Crippen LogP contribution in [-0.2, 0) is 0 Å². The molecule has 0 aliphatic carbocycles. The van der Waals surface area contributed by atoms with E-state index in [9.17, 15) is 4.39 Å². The zero-order valence-corrected chi connectivity index (χ0v) is 12.2. The Labute approximate surface area is 129 Å². The van der Waals surface area contributed by atoms with Crippen LogP contribution in [0.2, 0.25) is 0 Å². The van der Waals surface area contributed by atoms with Gasteiger partial charge in [0.15, 0.2) is 0 Å². The number of anilines is 3. The summed E-state index contributed by atoms with van der Waals surface area (Å²) in [5, 5.41) is 8.89. The highest BCUT2D eigenvalue weighted by Gasteiger charge is 2.20. The maximum atomic E-state index is 13.8. The number of halogens is 1. The molecule has 2 aromatic carbocycles. The summed E-state index contributed by atoms with van der Waals surface area (Å²) < 4.78 is 13.8. The highest BCUT2D eigenvalue weighted by Crippen LogP contribution is 2.27. The van der Waals surface area contributed by atoms with Crippen LogP contribution < -0.4 is 15.5 Å². The van der Waals surface area contributed by atoms with Crippen molar-refractivity contribution in [2.75, 3.05) is 41.7 Å². The van der Waals surface area contributed by atoms with Gasteiger partial charge in [-0.1, -0.05) is 12.1 Å². The molecule has 112 valence electrons. The fraction of sp³-hybridized carbons (Fsp3) is 0.235. The van der Waals surface area contributed by atoms with Crippen LogP contribution in [0.25, 0.3) is 0 Å². The van der Waals surface area contributed by atoms with Crippen LogP contribution in [0.4, 0.5) is 21.5 Å². The van der Waals surface area contributed by atoms with Gasteiger partial charge in [-0.25, -0.2) is 4.39 Å². The van der Waals surface area contributed by atoms with Gasteiger partial charge in [0.1, 0.15) is 5.82 Å². The number of nitrogens with zero attached hydrogens (tertiary/aromatic N) is 3. The van der Waals surface area contributed by atoms with Gasteiger partial charge in [-0.15, -0.1) is 0 Å². The van der Waals surface area contributed by atoms with Crippen LogP contribution in [0.3, 0.4) is 0 Å². The SMILES string of the molecule is N#Cc1ccc(N2CCN(c3ccccc3F)CC2)c(N)c1. The molecule has 1 aliphatic heterocycles. The van der Waals surface area contributed by atoms with Crippen molar-refractivity contribution in [3.8, 4) is 6.07 Å². The quantitative estimate of drug-likeness (QED) is 0.866. The average molecular weight is 296 g/mol. The van der Waals surface area contributed by atoms with Crippen LogP contribution >= 0.6 is 0 Å². The van der Waals surface area contributed by atoms with Gasteiger partial charge in [0, 0.05) is 26.2 Å². The number of hydrogen-bond acceptors (Lipinski definition) is 4. The summed E-state index contributed by atoms with van der Waals surface area (Å²) in [6, 6.07) is 14.3. The number of hydrogen-bond donors (Lipinski definition) is 1. The number of nitrogens with two attached hydrogens (primary N) is 1. The second-order valence-electron chi connectivity index (χ2n) is 5.31. The smallest absolute Gasteiger partial charge is 0.146 e. The van der Waals surface area contributed by atoms with E-state index < -0.39 is 0 Å². The molecule has 22 heavy (non-hydrogen) atoms. The highest BCUT2D eigenvalue weighted by molar-refractivity contribution is 5.70. The first-order valence-electron chi connectivity index (χ1n) is 7.23. The van der Waals surface area contributed by atoms with Crippen LogP contribution in [0.5, 0.6) is 0 Å². The predicted octanol–water partition coefficient (Wildman–Crippen LogP) is 2.61. The second kappa shape index (κ2) is 5.94. The molecular formula is C17H17FN4. The van der Waals surface area contributed by atoms with Gasteiger partial charge in [0.25, 0.3) is 0 Å². The lowest BCUT2D eigenvalue weighted by Crippen LogP contribution is -2.47. The first kappa shape index (κ1) is 14.2. The molecule has 1 aliphatic rings. The summed E-state index contributed by atoms with van der Waals surface area (Å²) in [7, 11) is 0. The summed E-state index contributed by atoms with van der Waals surface area (Å²) in [4.78, 5) is 4.22. The van der Waals surface area contributed by atoms with E-state index in [1.807, 2.05) is 17.0 Å². The summed E-state index contributed by atoms with van der Waals surface area (Å²) in [6.07, 6.45) is 0. The molecule has 2 aromatic rings. The Balaban J connectivity index is 1.72. The fourth-order valence-corrected chi connectivity index (χ4v) is 2.81. The van der Waals surface area contributed by atoms with Crippen LogP contribution in [0.1, 0.15) is 5.56 Å². The van der Waals surface area contributed by atoms with Crippen molar-refractivity contribution < 1.29 is 4.39 Å². The molecule has 0 atom stereocenters. The predicted molar refractivity (Wildman–Crippen MR) is 86.4 cm³/mol. The third kappa shape index (κ3) is 2.68. The molecule has 2 N–H and O–H groups in total. The standard InChI is InChI=1S/C17H17FN4/c18-14-3-1-2-4-16(14)21-7-9-22(10-8-21)17-6-5-13(12-19)11-15(17)20/h1-6,11H,7-10,20H2. The lowest BCUT2D eigenvalue weighted by molar-refractivity contribution is 0.598. The lowest BCUT2D eigenvalue weighted by atomic mass is 10.1. The molecule has 5 heteroatoms. The monoisotopic (exact) mass is 296 g/mol. The first-order chi connectivity index (χ1) is 10.7. The number of nitriles is 1. The number of rotatable bonds is 2. The van der Waals surface area contributed by atoms with Crippen molar-refractivity contribution in [1.82, 2.24) is 0 Å². The average Bonchev–Trinajstić information content (AvgIpc) is 2.55. The Morgan fingerprint density at radius 3 is 2.18 bits per heavy atom. The molecule has 0 saturated carbocycles. The minimum Gasteiger partial charge on any atom is -0.397 e. The Morgan fingerprint density at radius 2 is 1.59 bits per heavy atom. The van der Waals surface area contributed by atoms with E-state index in [4.69, 9.17) is 11.0 Å². The Morgan fingerprint density at radius 1 is 0.955 bits per heavy atom. The summed E-state index contributed by atoms with van der Waals surface area (Å²) in [5.41, 5.74) is 8.79. The summed E-state index contributed by atoms with van der Waals surface area (Å²) in [5.74, 6) is -0.186. The largest absolute Gasteiger partial charge is 0.397 e. The van der Waals surface area contributed by atoms with E-state index >= 15 is 0 Å². The van der Waals surface area contributed by atoms with Crippen LogP contribution in [-0.4, -0.2) is 26.2 Å². The molecule has 4 nitrogen and oxygen atoms in total. The molecule has 1 fully saturated rings.